The van der Waals surface area contributed by atoms with Gasteiger partial charge in [0.2, 0.25) is 0 Å². The number of nitrogens with zero attached hydrogens (tertiary/aromatic N) is 4. The van der Waals surface area contributed by atoms with Crippen LogP contribution >= 0.6 is 0 Å². The number of hydrogen-bond acceptors (Lipinski definition) is 5. The van der Waals surface area contributed by atoms with Crippen LogP contribution in [0.3, 0.4) is 0 Å². The zero-order valence-electron chi connectivity index (χ0n) is 13.9. The lowest BCUT2D eigenvalue weighted by molar-refractivity contribution is 0.257. The number of anilines is 2. The molecular weight excluding hydrogens is 262 g/mol. The summed E-state index contributed by atoms with van der Waals surface area (Å²) in [6.07, 6.45) is 6.27. The van der Waals surface area contributed by atoms with Gasteiger partial charge in [0.15, 0.2) is 0 Å². The van der Waals surface area contributed by atoms with Crippen molar-refractivity contribution in [3.8, 4) is 0 Å². The Morgan fingerprint density at radius 1 is 1.33 bits per heavy atom. The Labute approximate surface area is 128 Å². The minimum atomic E-state index is 0.616. The van der Waals surface area contributed by atoms with Gasteiger partial charge >= 0.3 is 0 Å². The van der Waals surface area contributed by atoms with E-state index in [0.29, 0.717) is 6.04 Å². The molecule has 0 aliphatic carbocycles. The normalized spacial score (nSPS) is 19.1. The van der Waals surface area contributed by atoms with Crippen molar-refractivity contribution in [1.29, 1.82) is 0 Å². The first kappa shape index (κ1) is 16.0. The van der Waals surface area contributed by atoms with Gasteiger partial charge in [0.25, 0.3) is 0 Å². The molecule has 1 atom stereocenters. The molecule has 5 nitrogen and oxygen atoms in total. The van der Waals surface area contributed by atoms with E-state index in [1.165, 1.54) is 18.4 Å². The third kappa shape index (κ3) is 3.84. The summed E-state index contributed by atoms with van der Waals surface area (Å²) < 4.78 is 0. The fourth-order valence-corrected chi connectivity index (χ4v) is 2.97. The molecule has 5 heteroatoms. The summed E-state index contributed by atoms with van der Waals surface area (Å²) in [6.45, 7) is 7.48. The maximum absolute atomic E-state index is 4.59. The predicted octanol–water partition coefficient (Wildman–Crippen LogP) is 2.39. The van der Waals surface area contributed by atoms with Crippen LogP contribution in [0.5, 0.6) is 0 Å². The van der Waals surface area contributed by atoms with Crippen LogP contribution in [0.4, 0.5) is 11.6 Å². The van der Waals surface area contributed by atoms with Crippen molar-refractivity contribution in [1.82, 2.24) is 14.9 Å². The van der Waals surface area contributed by atoms with E-state index in [4.69, 9.17) is 0 Å². The van der Waals surface area contributed by atoms with E-state index in [-0.39, 0.29) is 0 Å². The van der Waals surface area contributed by atoms with E-state index in [1.807, 2.05) is 0 Å². The second kappa shape index (κ2) is 7.59. The maximum Gasteiger partial charge on any atom is 0.137 e. The smallest absolute Gasteiger partial charge is 0.137 e. The largest absolute Gasteiger partial charge is 0.370 e. The lowest BCUT2D eigenvalue weighted by atomic mass is 10.0. The van der Waals surface area contributed by atoms with Gasteiger partial charge in [-0.25, -0.2) is 9.97 Å². The van der Waals surface area contributed by atoms with E-state index < -0.39 is 0 Å². The molecule has 0 saturated carbocycles. The molecule has 1 aliphatic heterocycles. The van der Waals surface area contributed by atoms with Gasteiger partial charge in [-0.15, -0.1) is 0 Å². The minimum Gasteiger partial charge on any atom is -0.370 e. The van der Waals surface area contributed by atoms with Crippen LogP contribution in [-0.2, 0) is 6.42 Å². The van der Waals surface area contributed by atoms with Gasteiger partial charge in [-0.1, -0.05) is 13.8 Å². The summed E-state index contributed by atoms with van der Waals surface area (Å²) in [4.78, 5) is 13.8. The lowest BCUT2D eigenvalue weighted by Gasteiger charge is -2.37. The van der Waals surface area contributed by atoms with Gasteiger partial charge in [-0.2, -0.15) is 0 Å². The topological polar surface area (TPSA) is 44.3 Å². The Hall–Kier alpha value is -1.36. The van der Waals surface area contributed by atoms with Crippen molar-refractivity contribution in [2.45, 2.75) is 45.6 Å². The van der Waals surface area contributed by atoms with E-state index in [2.05, 4.69) is 53.0 Å². The van der Waals surface area contributed by atoms with E-state index in [1.54, 1.807) is 6.33 Å². The van der Waals surface area contributed by atoms with Crippen LogP contribution < -0.4 is 10.2 Å². The third-order valence-corrected chi connectivity index (χ3v) is 4.24. The second-order valence-corrected chi connectivity index (χ2v) is 6.01. The number of hydrogen-bond donors (Lipinski definition) is 1. The van der Waals surface area contributed by atoms with Gasteiger partial charge in [0, 0.05) is 31.2 Å². The first-order valence-electron chi connectivity index (χ1n) is 8.16. The monoisotopic (exact) mass is 291 g/mol. The summed E-state index contributed by atoms with van der Waals surface area (Å²) in [5, 5.41) is 3.44. The Balaban J connectivity index is 2.21. The highest BCUT2D eigenvalue weighted by Gasteiger charge is 2.24. The highest BCUT2D eigenvalue weighted by molar-refractivity contribution is 5.59. The summed E-state index contributed by atoms with van der Waals surface area (Å²) in [7, 11) is 4.34. The molecule has 1 saturated heterocycles. The molecule has 0 amide bonds. The van der Waals surface area contributed by atoms with Gasteiger partial charge in [0.1, 0.15) is 18.0 Å². The summed E-state index contributed by atoms with van der Waals surface area (Å²) >= 11 is 0. The second-order valence-electron chi connectivity index (χ2n) is 6.01. The standard InChI is InChI=1S/C16H29N5/c1-5-9-17-15-14(6-2)16(19-12-18-15)21-10-7-8-13(11-21)20(3)4/h12-13H,5-11H2,1-4H3,(H,17,18,19). The Morgan fingerprint density at radius 3 is 2.81 bits per heavy atom. The van der Waals surface area contributed by atoms with Crippen LogP contribution in [-0.4, -0.2) is 54.6 Å². The molecule has 21 heavy (non-hydrogen) atoms. The van der Waals surface area contributed by atoms with E-state index >= 15 is 0 Å². The highest BCUT2D eigenvalue weighted by Crippen LogP contribution is 2.27. The van der Waals surface area contributed by atoms with Crippen LogP contribution in [0.15, 0.2) is 6.33 Å². The lowest BCUT2D eigenvalue weighted by Crippen LogP contribution is -2.45. The molecule has 2 rings (SSSR count). The fraction of sp³-hybridized carbons (Fsp3) is 0.750. The van der Waals surface area contributed by atoms with Gasteiger partial charge in [-0.05, 0) is 39.8 Å². The van der Waals surface area contributed by atoms with Gasteiger partial charge < -0.3 is 15.1 Å². The summed E-state index contributed by atoms with van der Waals surface area (Å²) in [5.74, 6) is 2.13. The quantitative estimate of drug-likeness (QED) is 0.872. The molecule has 0 spiro atoms. The van der Waals surface area contributed by atoms with Crippen molar-refractivity contribution in [2.75, 3.05) is 43.9 Å². The van der Waals surface area contributed by atoms with Gasteiger partial charge in [0.05, 0.1) is 0 Å². The zero-order valence-corrected chi connectivity index (χ0v) is 13.9. The maximum atomic E-state index is 4.59. The zero-order chi connectivity index (χ0) is 15.2. The molecule has 2 heterocycles. The molecule has 0 radical (unpaired) electrons. The first-order chi connectivity index (χ1) is 10.2. The summed E-state index contributed by atoms with van der Waals surface area (Å²) in [5.41, 5.74) is 1.25. The number of likely N-dealkylation sites (N-methyl/N-ethyl adjacent to an activating group) is 1. The van der Waals surface area contributed by atoms with Gasteiger partial charge in [-0.3, -0.25) is 0 Å². The number of piperidine rings is 1. The highest BCUT2D eigenvalue weighted by atomic mass is 15.2. The molecule has 1 N–H and O–H groups in total. The SMILES string of the molecule is CCCNc1ncnc(N2CCCC(N(C)C)C2)c1CC. The van der Waals surface area contributed by atoms with Crippen LogP contribution in [0.25, 0.3) is 0 Å². The molecule has 1 aromatic heterocycles. The third-order valence-electron chi connectivity index (χ3n) is 4.24. The van der Waals surface area contributed by atoms with E-state index in [9.17, 15) is 0 Å². The first-order valence-corrected chi connectivity index (χ1v) is 8.16. The predicted molar refractivity (Wildman–Crippen MR) is 89.1 cm³/mol. The van der Waals surface area contributed by atoms with Crippen molar-refractivity contribution in [3.05, 3.63) is 11.9 Å². The average molecular weight is 291 g/mol. The van der Waals surface area contributed by atoms with Crippen LogP contribution in [0.2, 0.25) is 0 Å². The Kier molecular flexibility index (Phi) is 5.79. The fourth-order valence-electron chi connectivity index (χ4n) is 2.97. The molecule has 1 aromatic rings. The summed E-state index contributed by atoms with van der Waals surface area (Å²) in [6, 6.07) is 0.616. The number of aromatic nitrogens is 2. The number of rotatable bonds is 6. The molecule has 1 fully saturated rings. The molecule has 0 bridgehead atoms. The van der Waals surface area contributed by atoms with Crippen LogP contribution in [0, 0.1) is 0 Å². The molecule has 118 valence electrons. The number of nitrogens with one attached hydrogen (secondary N) is 1. The van der Waals surface area contributed by atoms with Crippen molar-refractivity contribution < 1.29 is 0 Å². The molecular formula is C16H29N5. The Morgan fingerprint density at radius 2 is 2.14 bits per heavy atom. The van der Waals surface area contributed by atoms with Crippen LogP contribution in [0.1, 0.15) is 38.7 Å². The molecule has 1 unspecified atom stereocenters. The Bertz CT molecular complexity index is 446. The van der Waals surface area contributed by atoms with Crippen molar-refractivity contribution in [3.63, 3.8) is 0 Å². The van der Waals surface area contributed by atoms with Crippen molar-refractivity contribution >= 4 is 11.6 Å². The van der Waals surface area contributed by atoms with Crippen molar-refractivity contribution in [2.24, 2.45) is 0 Å². The van der Waals surface area contributed by atoms with E-state index in [0.717, 1.165) is 44.1 Å². The minimum absolute atomic E-state index is 0.616. The molecule has 0 aromatic carbocycles. The average Bonchev–Trinajstić information content (AvgIpc) is 2.52. The molecule has 1 aliphatic rings.